The third kappa shape index (κ3) is 9.12. The summed E-state index contributed by atoms with van der Waals surface area (Å²) in [5.74, 6) is -5.50. The van der Waals surface area contributed by atoms with E-state index in [1.807, 2.05) is 12.1 Å². The van der Waals surface area contributed by atoms with Gasteiger partial charge in [-0.25, -0.2) is 18.0 Å². The minimum Gasteiger partial charge on any atom is -0.475 e. The Morgan fingerprint density at radius 2 is 1.57 bits per heavy atom. The van der Waals surface area contributed by atoms with Crippen molar-refractivity contribution < 1.29 is 59.4 Å². The number of sulfonamides is 1. The Balaban J connectivity index is 0.000000404. The molecule has 1 amide bonds. The van der Waals surface area contributed by atoms with Crippen LogP contribution in [0.3, 0.4) is 0 Å². The number of rotatable bonds is 3. The minimum atomic E-state index is -5.08. The Morgan fingerprint density at radius 3 is 1.95 bits per heavy atom. The normalized spacial score (nSPS) is 21.1. The Labute approximate surface area is 207 Å². The van der Waals surface area contributed by atoms with E-state index in [0.29, 0.717) is 26.1 Å². The summed E-state index contributed by atoms with van der Waals surface area (Å²) in [6.07, 6.45) is -4.92. The number of carboxylic acid groups (broad SMARTS) is 2. The Kier molecular flexibility index (Phi) is 10.4. The van der Waals surface area contributed by atoms with Crippen LogP contribution in [-0.2, 0) is 31.0 Å². The number of piperazine rings is 1. The van der Waals surface area contributed by atoms with Crippen LogP contribution in [-0.4, -0.2) is 113 Å². The molecule has 3 rings (SSSR count). The van der Waals surface area contributed by atoms with Crippen LogP contribution in [0.1, 0.15) is 12.0 Å². The molecule has 1 unspecified atom stereocenters. The van der Waals surface area contributed by atoms with Gasteiger partial charge in [0.15, 0.2) is 0 Å². The number of nitrogens with zero attached hydrogens (tertiary/aromatic N) is 4. The van der Waals surface area contributed by atoms with Gasteiger partial charge in [0.1, 0.15) is 5.54 Å². The molecular formula is C19H24F6N4O7S. The SMILES string of the molecule is CN1CCN(Cc2cccnc2)C2(CCN(S(C)(=O)=O)C2)C1=O.O=C(O)C(F)(F)F.O=C(O)C(F)(F)F. The van der Waals surface area contributed by atoms with E-state index < -0.39 is 39.9 Å². The van der Waals surface area contributed by atoms with Crippen molar-refractivity contribution in [1.29, 1.82) is 0 Å². The van der Waals surface area contributed by atoms with E-state index in [2.05, 4.69) is 9.88 Å². The lowest BCUT2D eigenvalue weighted by molar-refractivity contribution is -0.193. The first-order valence-electron chi connectivity index (χ1n) is 10.2. The second-order valence-corrected chi connectivity index (χ2v) is 9.98. The highest BCUT2D eigenvalue weighted by Gasteiger charge is 2.54. The molecule has 1 aromatic rings. The summed E-state index contributed by atoms with van der Waals surface area (Å²) in [6, 6.07) is 3.85. The number of hydrogen-bond donors (Lipinski definition) is 2. The molecule has 1 spiro atoms. The first-order chi connectivity index (χ1) is 16.7. The lowest BCUT2D eigenvalue weighted by Gasteiger charge is -2.46. The van der Waals surface area contributed by atoms with E-state index in [1.54, 1.807) is 24.3 Å². The number of likely N-dealkylation sites (N-methyl/N-ethyl adjacent to an activating group) is 1. The molecule has 1 atom stereocenters. The first kappa shape index (κ1) is 32.0. The summed E-state index contributed by atoms with van der Waals surface area (Å²) in [5.41, 5.74) is 0.272. The fraction of sp³-hybridized carbons (Fsp3) is 0.579. The number of alkyl halides is 6. The molecule has 37 heavy (non-hydrogen) atoms. The molecule has 0 saturated carbocycles. The van der Waals surface area contributed by atoms with Crippen LogP contribution in [0.5, 0.6) is 0 Å². The number of amides is 1. The van der Waals surface area contributed by atoms with Crippen molar-refractivity contribution in [3.8, 4) is 0 Å². The standard InChI is InChI=1S/C15H22N4O3S.2C2HF3O2/c1-17-8-9-18(11-13-4-3-6-16-10-13)15(14(17)20)5-7-19(12-15)23(2,21)22;2*3-2(4,5)1(6)7/h3-4,6,10H,5,7-9,11-12H2,1-2H3;2*(H,6,7). The van der Waals surface area contributed by atoms with Gasteiger partial charge in [-0.2, -0.15) is 30.6 Å². The fourth-order valence-electron chi connectivity index (χ4n) is 3.49. The summed E-state index contributed by atoms with van der Waals surface area (Å²) in [6.45, 7) is 2.61. The lowest BCUT2D eigenvalue weighted by Crippen LogP contribution is -2.65. The molecule has 1 aromatic heterocycles. The van der Waals surface area contributed by atoms with Crippen molar-refractivity contribution in [2.24, 2.45) is 0 Å². The van der Waals surface area contributed by atoms with Crippen molar-refractivity contribution >= 4 is 27.9 Å². The van der Waals surface area contributed by atoms with Gasteiger partial charge in [0.2, 0.25) is 15.9 Å². The third-order valence-electron chi connectivity index (χ3n) is 5.32. The highest BCUT2D eigenvalue weighted by molar-refractivity contribution is 7.88. The van der Waals surface area contributed by atoms with Crippen molar-refractivity contribution in [2.75, 3.05) is 39.5 Å². The Hall–Kier alpha value is -2.99. The van der Waals surface area contributed by atoms with Gasteiger partial charge in [0, 0.05) is 52.2 Å². The average molecular weight is 566 g/mol. The number of halogens is 6. The maximum Gasteiger partial charge on any atom is 0.490 e. The van der Waals surface area contributed by atoms with Crippen LogP contribution in [0, 0.1) is 0 Å². The number of pyridine rings is 1. The van der Waals surface area contributed by atoms with E-state index in [9.17, 15) is 39.6 Å². The number of carbonyl (C=O) groups excluding carboxylic acids is 1. The molecule has 2 fully saturated rings. The van der Waals surface area contributed by atoms with Gasteiger partial charge >= 0.3 is 24.3 Å². The van der Waals surface area contributed by atoms with Crippen LogP contribution in [0.15, 0.2) is 24.5 Å². The average Bonchev–Trinajstić information content (AvgIpc) is 3.22. The predicted octanol–water partition coefficient (Wildman–Crippen LogP) is 1.03. The molecule has 0 radical (unpaired) electrons. The van der Waals surface area contributed by atoms with Crippen LogP contribution in [0.4, 0.5) is 26.3 Å². The monoisotopic (exact) mass is 566 g/mol. The number of carbonyl (C=O) groups is 3. The molecule has 0 bridgehead atoms. The molecule has 0 aliphatic carbocycles. The number of hydrogen-bond acceptors (Lipinski definition) is 7. The second kappa shape index (κ2) is 12.0. The van der Waals surface area contributed by atoms with Gasteiger partial charge in [0.25, 0.3) is 0 Å². The Bertz CT molecular complexity index is 1040. The molecule has 3 heterocycles. The fourth-order valence-corrected chi connectivity index (χ4v) is 4.37. The van der Waals surface area contributed by atoms with Crippen molar-refractivity contribution in [1.82, 2.24) is 19.1 Å². The zero-order valence-corrected chi connectivity index (χ0v) is 20.3. The smallest absolute Gasteiger partial charge is 0.475 e. The summed E-state index contributed by atoms with van der Waals surface area (Å²) >= 11 is 0. The van der Waals surface area contributed by atoms with Gasteiger partial charge in [-0.15, -0.1) is 0 Å². The Morgan fingerprint density at radius 1 is 1.05 bits per heavy atom. The zero-order chi connectivity index (χ0) is 28.8. The van der Waals surface area contributed by atoms with Gasteiger partial charge in [0.05, 0.1) is 6.26 Å². The van der Waals surface area contributed by atoms with Gasteiger partial charge in [-0.3, -0.25) is 14.7 Å². The molecule has 2 aliphatic rings. The van der Waals surface area contributed by atoms with Gasteiger partial charge in [-0.05, 0) is 18.1 Å². The zero-order valence-electron chi connectivity index (χ0n) is 19.5. The van der Waals surface area contributed by atoms with E-state index >= 15 is 0 Å². The van der Waals surface area contributed by atoms with E-state index in [-0.39, 0.29) is 12.5 Å². The summed E-state index contributed by atoms with van der Waals surface area (Å²) < 4.78 is 88.7. The van der Waals surface area contributed by atoms with Crippen molar-refractivity contribution in [3.63, 3.8) is 0 Å². The second-order valence-electron chi connectivity index (χ2n) is 7.99. The first-order valence-corrected chi connectivity index (χ1v) is 12.0. The van der Waals surface area contributed by atoms with Gasteiger partial charge in [-0.1, -0.05) is 6.07 Å². The number of aromatic nitrogens is 1. The minimum absolute atomic E-state index is 0.0128. The quantitative estimate of drug-likeness (QED) is 0.512. The third-order valence-corrected chi connectivity index (χ3v) is 6.57. The number of carboxylic acids is 2. The van der Waals surface area contributed by atoms with Crippen LogP contribution >= 0.6 is 0 Å². The largest absolute Gasteiger partial charge is 0.490 e. The van der Waals surface area contributed by atoms with E-state index in [1.165, 1.54) is 10.6 Å². The summed E-state index contributed by atoms with van der Waals surface area (Å²) in [4.78, 5) is 38.6. The molecule has 2 saturated heterocycles. The maximum absolute atomic E-state index is 12.9. The van der Waals surface area contributed by atoms with Gasteiger partial charge < -0.3 is 15.1 Å². The summed E-state index contributed by atoms with van der Waals surface area (Å²) in [5, 5.41) is 14.2. The van der Waals surface area contributed by atoms with E-state index in [0.717, 1.165) is 12.1 Å². The van der Waals surface area contributed by atoms with Crippen LogP contribution < -0.4 is 0 Å². The number of aliphatic carboxylic acids is 2. The molecule has 11 nitrogen and oxygen atoms in total. The van der Waals surface area contributed by atoms with Crippen molar-refractivity contribution in [3.05, 3.63) is 30.1 Å². The molecule has 2 N–H and O–H groups in total. The van der Waals surface area contributed by atoms with Crippen molar-refractivity contribution in [2.45, 2.75) is 30.9 Å². The van der Waals surface area contributed by atoms with Crippen LogP contribution in [0.2, 0.25) is 0 Å². The highest BCUT2D eigenvalue weighted by Crippen LogP contribution is 2.34. The van der Waals surface area contributed by atoms with E-state index in [4.69, 9.17) is 19.8 Å². The lowest BCUT2D eigenvalue weighted by atomic mass is 9.91. The summed E-state index contributed by atoms with van der Waals surface area (Å²) in [7, 11) is -1.51. The molecule has 2 aliphatic heterocycles. The topological polar surface area (TPSA) is 148 Å². The molecule has 210 valence electrons. The van der Waals surface area contributed by atoms with Crippen LogP contribution in [0.25, 0.3) is 0 Å². The molecular weight excluding hydrogens is 542 g/mol. The molecule has 0 aromatic carbocycles. The highest BCUT2D eigenvalue weighted by atomic mass is 32.2. The maximum atomic E-state index is 12.9. The predicted molar refractivity (Wildman–Crippen MR) is 113 cm³/mol. The molecule has 18 heteroatoms.